The first kappa shape index (κ1) is 19.6. The second-order valence-electron chi connectivity index (χ2n) is 7.69. The minimum absolute atomic E-state index is 0.0656. The molecule has 1 aliphatic rings. The molecule has 1 saturated carbocycles. The number of pyridine rings is 1. The van der Waals surface area contributed by atoms with Crippen molar-refractivity contribution in [2.75, 3.05) is 11.6 Å². The monoisotopic (exact) mass is 412 g/mol. The van der Waals surface area contributed by atoms with Gasteiger partial charge >= 0.3 is 0 Å². The molecular weight excluding hydrogens is 388 g/mol. The molecule has 1 amide bonds. The van der Waals surface area contributed by atoms with Gasteiger partial charge < -0.3 is 5.32 Å². The zero-order valence-corrected chi connectivity index (χ0v) is 17.2. The number of hydrogen-bond acceptors (Lipinski definition) is 5. The van der Waals surface area contributed by atoms with E-state index in [0.29, 0.717) is 23.8 Å². The van der Waals surface area contributed by atoms with Gasteiger partial charge in [-0.25, -0.2) is 8.42 Å². The van der Waals surface area contributed by atoms with Gasteiger partial charge in [-0.1, -0.05) is 37.5 Å². The van der Waals surface area contributed by atoms with Crippen LogP contribution in [0.25, 0.3) is 10.9 Å². The number of carbonyl (C=O) groups is 1. The fourth-order valence-corrected chi connectivity index (χ4v) is 4.54. The molecule has 0 aliphatic heterocycles. The quantitative estimate of drug-likeness (QED) is 0.690. The van der Waals surface area contributed by atoms with Crippen LogP contribution in [-0.4, -0.2) is 35.3 Å². The molecule has 1 aromatic carbocycles. The Bertz CT molecular complexity index is 1150. The van der Waals surface area contributed by atoms with E-state index < -0.39 is 9.84 Å². The van der Waals surface area contributed by atoms with E-state index in [-0.39, 0.29) is 10.8 Å². The molecule has 0 unspecified atom stereocenters. The maximum Gasteiger partial charge on any atom is 0.274 e. The first-order valence-electron chi connectivity index (χ1n) is 9.84. The lowest BCUT2D eigenvalue weighted by atomic mass is 9.89. The summed E-state index contributed by atoms with van der Waals surface area (Å²) in [5.74, 6) is 0.196. The average molecular weight is 413 g/mol. The van der Waals surface area contributed by atoms with Gasteiger partial charge in [0.05, 0.1) is 22.3 Å². The molecule has 3 aromatic rings. The maximum absolute atomic E-state index is 13.2. The lowest BCUT2D eigenvalue weighted by Gasteiger charge is -2.22. The van der Waals surface area contributed by atoms with Gasteiger partial charge in [-0.15, -0.1) is 0 Å². The molecule has 29 heavy (non-hydrogen) atoms. The van der Waals surface area contributed by atoms with E-state index in [1.165, 1.54) is 37.7 Å². The van der Waals surface area contributed by atoms with Gasteiger partial charge in [0.25, 0.3) is 5.91 Å². The molecule has 0 atom stereocenters. The van der Waals surface area contributed by atoms with Crippen LogP contribution in [0.1, 0.15) is 42.6 Å². The van der Waals surface area contributed by atoms with Gasteiger partial charge in [-0.2, -0.15) is 5.10 Å². The van der Waals surface area contributed by atoms with Crippen molar-refractivity contribution in [1.82, 2.24) is 14.8 Å². The molecular formula is C21H24N4O3S. The number of amides is 1. The Labute approximate surface area is 170 Å². The van der Waals surface area contributed by atoms with Crippen molar-refractivity contribution in [3.05, 3.63) is 48.4 Å². The number of nitrogens with one attached hydrogen (secondary N) is 1. The van der Waals surface area contributed by atoms with E-state index in [4.69, 9.17) is 0 Å². The van der Waals surface area contributed by atoms with Crippen LogP contribution >= 0.6 is 0 Å². The third kappa shape index (κ3) is 4.32. The molecule has 152 valence electrons. The number of nitrogens with zero attached hydrogens (tertiary/aromatic N) is 3. The Balaban J connectivity index is 1.67. The number of aromatic nitrogens is 3. The molecule has 1 aliphatic carbocycles. The number of fused-ring (bicyclic) bond motifs is 1. The average Bonchev–Trinajstić information content (AvgIpc) is 3.06. The predicted molar refractivity (Wildman–Crippen MR) is 112 cm³/mol. The van der Waals surface area contributed by atoms with Crippen LogP contribution < -0.4 is 5.32 Å². The Kier molecular flexibility index (Phi) is 5.36. The van der Waals surface area contributed by atoms with Crippen LogP contribution in [0.15, 0.2) is 47.6 Å². The lowest BCUT2D eigenvalue weighted by molar-refractivity contribution is 0.101. The van der Waals surface area contributed by atoms with E-state index >= 15 is 0 Å². The SMILES string of the molecule is CS(=O)(=O)c1cncc(NC(=O)c2c3ccccc3nn2CC2CCCCC2)c1. The summed E-state index contributed by atoms with van der Waals surface area (Å²) in [6, 6.07) is 9.00. The first-order chi connectivity index (χ1) is 13.9. The number of hydrogen-bond donors (Lipinski definition) is 1. The summed E-state index contributed by atoms with van der Waals surface area (Å²) < 4.78 is 25.4. The summed E-state index contributed by atoms with van der Waals surface area (Å²) in [6.07, 6.45) is 9.84. The molecule has 2 aromatic heterocycles. The van der Waals surface area contributed by atoms with Gasteiger partial charge in [-0.05, 0) is 30.9 Å². The molecule has 8 heteroatoms. The number of anilines is 1. The minimum Gasteiger partial charge on any atom is -0.319 e. The van der Waals surface area contributed by atoms with Gasteiger partial charge in [0.15, 0.2) is 9.84 Å². The highest BCUT2D eigenvalue weighted by Crippen LogP contribution is 2.27. The maximum atomic E-state index is 13.2. The molecule has 7 nitrogen and oxygen atoms in total. The van der Waals surface area contributed by atoms with Gasteiger partial charge in [0.2, 0.25) is 0 Å². The highest BCUT2D eigenvalue weighted by atomic mass is 32.2. The Hall–Kier alpha value is -2.74. The molecule has 1 fully saturated rings. The van der Waals surface area contributed by atoms with Crippen LogP contribution in [0, 0.1) is 5.92 Å². The van der Waals surface area contributed by atoms with Crippen LogP contribution in [0.3, 0.4) is 0 Å². The zero-order valence-electron chi connectivity index (χ0n) is 16.3. The van der Waals surface area contributed by atoms with Gasteiger partial charge in [0.1, 0.15) is 5.69 Å². The van der Waals surface area contributed by atoms with Crippen molar-refractivity contribution >= 4 is 32.3 Å². The number of carbonyl (C=O) groups excluding carboxylic acids is 1. The van der Waals surface area contributed by atoms with E-state index in [2.05, 4.69) is 15.4 Å². The molecule has 4 rings (SSSR count). The fraction of sp³-hybridized carbons (Fsp3) is 0.381. The van der Waals surface area contributed by atoms with E-state index in [1.54, 1.807) is 0 Å². The summed E-state index contributed by atoms with van der Waals surface area (Å²) in [4.78, 5) is 17.2. The van der Waals surface area contributed by atoms with Crippen molar-refractivity contribution in [3.63, 3.8) is 0 Å². The molecule has 0 radical (unpaired) electrons. The fourth-order valence-electron chi connectivity index (χ4n) is 3.95. The summed E-state index contributed by atoms with van der Waals surface area (Å²) in [6.45, 7) is 0.707. The third-order valence-electron chi connectivity index (χ3n) is 5.42. The number of benzene rings is 1. The third-order valence-corrected chi connectivity index (χ3v) is 6.50. The van der Waals surface area contributed by atoms with Crippen LogP contribution in [0.5, 0.6) is 0 Å². The van der Waals surface area contributed by atoms with E-state index in [1.807, 2.05) is 28.9 Å². The topological polar surface area (TPSA) is 93.9 Å². The molecule has 0 spiro atoms. The minimum atomic E-state index is -3.41. The smallest absolute Gasteiger partial charge is 0.274 e. The second-order valence-corrected chi connectivity index (χ2v) is 9.70. The molecule has 0 bridgehead atoms. The zero-order chi connectivity index (χ0) is 20.4. The van der Waals surface area contributed by atoms with Crippen LogP contribution in [0.4, 0.5) is 5.69 Å². The Morgan fingerprint density at radius 1 is 1.17 bits per heavy atom. The molecule has 0 saturated heterocycles. The Morgan fingerprint density at radius 3 is 2.69 bits per heavy atom. The summed E-state index contributed by atoms with van der Waals surface area (Å²) in [7, 11) is -3.41. The van der Waals surface area contributed by atoms with Gasteiger partial charge in [-0.3, -0.25) is 14.5 Å². The molecule has 1 N–H and O–H groups in total. The van der Waals surface area contributed by atoms with E-state index in [0.717, 1.165) is 30.0 Å². The largest absolute Gasteiger partial charge is 0.319 e. The lowest BCUT2D eigenvalue weighted by Crippen LogP contribution is -2.22. The number of sulfone groups is 1. The highest BCUT2D eigenvalue weighted by Gasteiger charge is 2.22. The molecule has 2 heterocycles. The van der Waals surface area contributed by atoms with Crippen molar-refractivity contribution in [2.24, 2.45) is 5.92 Å². The van der Waals surface area contributed by atoms with Gasteiger partial charge in [0, 0.05) is 24.4 Å². The van der Waals surface area contributed by atoms with Crippen molar-refractivity contribution in [2.45, 2.75) is 43.5 Å². The van der Waals surface area contributed by atoms with Crippen LogP contribution in [0.2, 0.25) is 0 Å². The summed E-state index contributed by atoms with van der Waals surface area (Å²) in [5.41, 5.74) is 1.61. The number of rotatable bonds is 5. The van der Waals surface area contributed by atoms with E-state index in [9.17, 15) is 13.2 Å². The van der Waals surface area contributed by atoms with Crippen molar-refractivity contribution in [3.8, 4) is 0 Å². The first-order valence-corrected chi connectivity index (χ1v) is 11.7. The Morgan fingerprint density at radius 2 is 1.93 bits per heavy atom. The van der Waals surface area contributed by atoms with Crippen LogP contribution in [-0.2, 0) is 16.4 Å². The summed E-state index contributed by atoms with van der Waals surface area (Å²) in [5, 5.41) is 8.26. The standard InChI is InChI=1S/C21H24N4O3S/c1-29(27,28)17-11-16(12-22-13-17)23-21(26)20-18-9-5-6-10-19(18)24-25(20)14-15-7-3-2-4-8-15/h5-6,9-13,15H,2-4,7-8,14H2,1H3,(H,23,26). The highest BCUT2D eigenvalue weighted by molar-refractivity contribution is 7.90. The van der Waals surface area contributed by atoms with Crippen molar-refractivity contribution < 1.29 is 13.2 Å². The van der Waals surface area contributed by atoms with Crippen molar-refractivity contribution in [1.29, 1.82) is 0 Å². The normalized spacial score (nSPS) is 15.5. The predicted octanol–water partition coefficient (Wildman–Crippen LogP) is 3.67. The summed E-state index contributed by atoms with van der Waals surface area (Å²) >= 11 is 0. The second kappa shape index (κ2) is 7.94.